The summed E-state index contributed by atoms with van der Waals surface area (Å²) in [6, 6.07) is 10.2. The Balaban J connectivity index is 1.72. The Morgan fingerprint density at radius 2 is 1.86 bits per heavy atom. The number of ketones is 1. The first-order valence-electron chi connectivity index (χ1n) is 11.0. The van der Waals surface area contributed by atoms with Crippen molar-refractivity contribution in [1.29, 1.82) is 0 Å². The first-order chi connectivity index (χ1) is 13.4. The lowest BCUT2D eigenvalue weighted by Gasteiger charge is -2.52. The van der Waals surface area contributed by atoms with E-state index in [1.54, 1.807) is 7.11 Å². The van der Waals surface area contributed by atoms with Crippen LogP contribution in [0.3, 0.4) is 0 Å². The Morgan fingerprint density at radius 1 is 1.18 bits per heavy atom. The highest BCUT2D eigenvalue weighted by molar-refractivity contribution is 5.89. The van der Waals surface area contributed by atoms with Crippen molar-refractivity contribution in [2.75, 3.05) is 7.11 Å². The van der Waals surface area contributed by atoms with Gasteiger partial charge in [0, 0.05) is 24.9 Å². The van der Waals surface area contributed by atoms with Gasteiger partial charge in [-0.2, -0.15) is 0 Å². The van der Waals surface area contributed by atoms with Gasteiger partial charge >= 0.3 is 0 Å². The molecule has 1 aromatic carbocycles. The molecule has 4 rings (SSSR count). The lowest BCUT2D eigenvalue weighted by molar-refractivity contribution is -0.258. The van der Waals surface area contributed by atoms with Gasteiger partial charge in [-0.1, -0.05) is 68.7 Å². The van der Waals surface area contributed by atoms with E-state index in [2.05, 4.69) is 25.6 Å². The average Bonchev–Trinajstić information content (AvgIpc) is 3.12. The molecule has 1 aromatic rings. The zero-order valence-electron chi connectivity index (χ0n) is 17.4. The molecule has 0 spiro atoms. The lowest BCUT2D eigenvalue weighted by Crippen LogP contribution is -2.58. The van der Waals surface area contributed by atoms with Gasteiger partial charge in [0.15, 0.2) is 5.79 Å². The van der Waals surface area contributed by atoms with Crippen LogP contribution in [0, 0.1) is 22.7 Å². The minimum Gasteiger partial charge on any atom is -0.364 e. The van der Waals surface area contributed by atoms with Gasteiger partial charge in [-0.15, -0.1) is 0 Å². The molecule has 0 radical (unpaired) electrons. The zero-order chi connectivity index (χ0) is 20.0. The largest absolute Gasteiger partial charge is 0.364 e. The Hall–Kier alpha value is -1.45. The summed E-state index contributed by atoms with van der Waals surface area (Å²) in [6.45, 7) is 6.68. The average molecular weight is 383 g/mol. The normalized spacial score (nSPS) is 38.1. The summed E-state index contributed by atoms with van der Waals surface area (Å²) in [4.78, 5) is 13.9. The van der Waals surface area contributed by atoms with Gasteiger partial charge in [-0.25, -0.2) is 0 Å². The molecule has 2 bridgehead atoms. The Kier molecular flexibility index (Phi) is 5.04. The van der Waals surface area contributed by atoms with Crippen molar-refractivity contribution in [2.45, 2.75) is 70.5 Å². The standard InChI is InChI=1S/C25H34O3/c1-18-21-16-17-24(25(21,27)28-3,23(18,2)20-12-8-5-9-13-20)22(26)15-14-19-10-6-4-7-11-19/h4,6-7,10-11,20-21,27H,1,5,8-9,12-17H2,2-3H3/t21-,23+,24-,25-/m1/s1. The summed E-state index contributed by atoms with van der Waals surface area (Å²) < 4.78 is 5.79. The van der Waals surface area contributed by atoms with Gasteiger partial charge in [-0.05, 0) is 43.6 Å². The quantitative estimate of drug-likeness (QED) is 0.551. The van der Waals surface area contributed by atoms with Crippen LogP contribution in [0.15, 0.2) is 42.5 Å². The number of aryl methyl sites for hydroxylation is 1. The topological polar surface area (TPSA) is 46.5 Å². The number of carbonyl (C=O) groups is 1. The van der Waals surface area contributed by atoms with E-state index >= 15 is 0 Å². The highest BCUT2D eigenvalue weighted by atomic mass is 16.6. The molecule has 0 amide bonds. The van der Waals surface area contributed by atoms with Crippen molar-refractivity contribution >= 4 is 5.78 Å². The number of benzene rings is 1. The van der Waals surface area contributed by atoms with Crippen molar-refractivity contribution in [3.8, 4) is 0 Å². The molecular weight excluding hydrogens is 348 g/mol. The van der Waals surface area contributed by atoms with Crippen LogP contribution in [-0.2, 0) is 16.0 Å². The fourth-order valence-electron chi connectivity index (χ4n) is 7.06. The van der Waals surface area contributed by atoms with E-state index in [9.17, 15) is 9.90 Å². The van der Waals surface area contributed by atoms with E-state index in [1.165, 1.54) is 24.8 Å². The number of Topliss-reactive ketones (excluding diaryl/α,β-unsaturated/α-hetero) is 1. The lowest BCUT2D eigenvalue weighted by atomic mass is 9.51. The van der Waals surface area contributed by atoms with Crippen LogP contribution >= 0.6 is 0 Å². The minimum absolute atomic E-state index is 0.134. The molecule has 152 valence electrons. The molecule has 0 aliphatic heterocycles. The molecule has 3 fully saturated rings. The van der Waals surface area contributed by atoms with Crippen LogP contribution in [0.4, 0.5) is 0 Å². The number of hydrogen-bond acceptors (Lipinski definition) is 3. The van der Waals surface area contributed by atoms with Crippen LogP contribution in [0.5, 0.6) is 0 Å². The van der Waals surface area contributed by atoms with E-state index in [4.69, 9.17) is 4.74 Å². The predicted octanol–water partition coefficient (Wildman–Crippen LogP) is 5.08. The van der Waals surface area contributed by atoms with Crippen molar-refractivity contribution in [2.24, 2.45) is 22.7 Å². The van der Waals surface area contributed by atoms with E-state index in [0.717, 1.165) is 24.8 Å². The summed E-state index contributed by atoms with van der Waals surface area (Å²) in [6.07, 6.45) is 8.58. The van der Waals surface area contributed by atoms with Crippen LogP contribution in [0.2, 0.25) is 0 Å². The fourth-order valence-corrected chi connectivity index (χ4v) is 7.06. The highest BCUT2D eigenvalue weighted by Gasteiger charge is 2.79. The second-order valence-corrected chi connectivity index (χ2v) is 9.37. The molecule has 1 N–H and O–H groups in total. The zero-order valence-corrected chi connectivity index (χ0v) is 17.4. The molecule has 4 atom stereocenters. The molecule has 0 heterocycles. The van der Waals surface area contributed by atoms with Crippen molar-refractivity contribution in [1.82, 2.24) is 0 Å². The first kappa shape index (κ1) is 19.8. The summed E-state index contributed by atoms with van der Waals surface area (Å²) in [5.41, 5.74) is 0.976. The van der Waals surface area contributed by atoms with Gasteiger partial charge in [0.2, 0.25) is 0 Å². The molecule has 3 nitrogen and oxygen atoms in total. The van der Waals surface area contributed by atoms with Gasteiger partial charge in [-0.3, -0.25) is 4.79 Å². The molecule has 3 aliphatic rings. The summed E-state index contributed by atoms with van der Waals surface area (Å²) in [5, 5.41) is 11.8. The molecule has 3 heteroatoms. The number of fused-ring (bicyclic) bond motifs is 2. The highest BCUT2D eigenvalue weighted by Crippen LogP contribution is 2.75. The van der Waals surface area contributed by atoms with E-state index < -0.39 is 11.2 Å². The van der Waals surface area contributed by atoms with Crippen LogP contribution < -0.4 is 0 Å². The maximum atomic E-state index is 13.9. The molecule has 0 saturated heterocycles. The summed E-state index contributed by atoms with van der Waals surface area (Å²) >= 11 is 0. The molecule has 0 unspecified atom stereocenters. The van der Waals surface area contributed by atoms with Gasteiger partial charge < -0.3 is 9.84 Å². The number of ether oxygens (including phenoxy) is 1. The Labute approximate surface area is 169 Å². The first-order valence-corrected chi connectivity index (χ1v) is 11.0. The number of rotatable bonds is 6. The van der Waals surface area contributed by atoms with Gasteiger partial charge in [0.05, 0.1) is 5.41 Å². The minimum atomic E-state index is -1.41. The molecule has 3 aliphatic carbocycles. The van der Waals surface area contributed by atoms with Crippen molar-refractivity contribution in [3.63, 3.8) is 0 Å². The summed E-state index contributed by atoms with van der Waals surface area (Å²) in [7, 11) is 1.57. The second kappa shape index (κ2) is 7.11. The smallest absolute Gasteiger partial charge is 0.185 e. The van der Waals surface area contributed by atoms with Crippen LogP contribution in [0.25, 0.3) is 0 Å². The summed E-state index contributed by atoms with van der Waals surface area (Å²) in [5.74, 6) is -0.981. The van der Waals surface area contributed by atoms with Crippen LogP contribution in [-0.4, -0.2) is 23.8 Å². The van der Waals surface area contributed by atoms with E-state index in [-0.39, 0.29) is 17.1 Å². The second-order valence-electron chi connectivity index (χ2n) is 9.37. The van der Waals surface area contributed by atoms with E-state index in [1.807, 2.05) is 18.2 Å². The number of aliphatic hydroxyl groups is 1. The van der Waals surface area contributed by atoms with Crippen LogP contribution in [0.1, 0.15) is 63.9 Å². The maximum Gasteiger partial charge on any atom is 0.185 e. The van der Waals surface area contributed by atoms with Gasteiger partial charge in [0.1, 0.15) is 5.78 Å². The molecule has 3 saturated carbocycles. The third kappa shape index (κ3) is 2.45. The monoisotopic (exact) mass is 382 g/mol. The van der Waals surface area contributed by atoms with Crippen molar-refractivity contribution in [3.05, 3.63) is 48.0 Å². The number of hydrogen-bond donors (Lipinski definition) is 1. The molecule has 28 heavy (non-hydrogen) atoms. The van der Waals surface area contributed by atoms with E-state index in [0.29, 0.717) is 25.2 Å². The third-order valence-electron chi connectivity index (χ3n) is 8.56. The Morgan fingerprint density at radius 3 is 2.50 bits per heavy atom. The fraction of sp³-hybridized carbons (Fsp3) is 0.640. The van der Waals surface area contributed by atoms with Gasteiger partial charge in [0.25, 0.3) is 0 Å². The third-order valence-corrected chi connectivity index (χ3v) is 8.56. The predicted molar refractivity (Wildman–Crippen MR) is 111 cm³/mol. The number of methoxy groups -OCH3 is 1. The number of carbonyl (C=O) groups excluding carboxylic acids is 1. The molecular formula is C25H34O3. The SMILES string of the molecule is C=C1[C@H]2CC[C@@](C(=O)CCc3ccccc3)([C@]1(C)C1CCCCC1)[C@]2(O)OC. The van der Waals surface area contributed by atoms with Crippen molar-refractivity contribution < 1.29 is 14.6 Å². The maximum absolute atomic E-state index is 13.9. The molecule has 0 aromatic heterocycles. The Bertz CT molecular complexity index is 750.